The number of alkyl halides is 6. The zero-order valence-electron chi connectivity index (χ0n) is 16.8. The van der Waals surface area contributed by atoms with Gasteiger partial charge in [0.25, 0.3) is 0 Å². The lowest BCUT2D eigenvalue weighted by Gasteiger charge is -2.11. The summed E-state index contributed by atoms with van der Waals surface area (Å²) in [5, 5.41) is 0. The van der Waals surface area contributed by atoms with E-state index in [1.807, 2.05) is 18.2 Å². The first-order valence-electron chi connectivity index (χ1n) is 9.55. The summed E-state index contributed by atoms with van der Waals surface area (Å²) in [5.41, 5.74) is -0.516. The molecule has 2 heterocycles. The maximum atomic E-state index is 13.4. The van der Waals surface area contributed by atoms with E-state index in [1.165, 1.54) is 6.20 Å². The second-order valence-electron chi connectivity index (χ2n) is 7.15. The summed E-state index contributed by atoms with van der Waals surface area (Å²) in [6, 6.07) is 9.42. The Morgan fingerprint density at radius 1 is 0.879 bits per heavy atom. The molecule has 3 nitrogen and oxygen atoms in total. The third kappa shape index (κ3) is 4.13. The minimum absolute atomic E-state index is 0.0299. The van der Waals surface area contributed by atoms with Gasteiger partial charge in [-0.15, -0.1) is 0 Å². The minimum Gasteiger partial charge on any atom is -0.338 e. The molecule has 0 aliphatic heterocycles. The van der Waals surface area contributed by atoms with Crippen LogP contribution in [0.4, 0.5) is 26.3 Å². The number of fused-ring (bicyclic) bond motifs is 1. The van der Waals surface area contributed by atoms with E-state index in [4.69, 9.17) is 0 Å². The van der Waals surface area contributed by atoms with Gasteiger partial charge in [-0.2, -0.15) is 26.3 Å². The number of aromatic amines is 1. The second kappa shape index (κ2) is 7.91. The van der Waals surface area contributed by atoms with Gasteiger partial charge < -0.3 is 4.98 Å². The van der Waals surface area contributed by atoms with Crippen molar-refractivity contribution in [1.82, 2.24) is 15.0 Å². The molecule has 2 aromatic carbocycles. The van der Waals surface area contributed by atoms with Gasteiger partial charge >= 0.3 is 12.4 Å². The number of H-pyrrole nitrogens is 1. The third-order valence-corrected chi connectivity index (χ3v) is 5.10. The first-order chi connectivity index (χ1) is 15.5. The average molecular weight is 459 g/mol. The van der Waals surface area contributed by atoms with E-state index in [1.54, 1.807) is 24.3 Å². The molecule has 0 atom stereocenters. The van der Waals surface area contributed by atoms with Crippen LogP contribution in [0.3, 0.4) is 0 Å². The Balaban J connectivity index is 1.81. The Hall–Kier alpha value is -3.88. The molecule has 168 valence electrons. The molecular weight excluding hydrogens is 444 g/mol. The summed E-state index contributed by atoms with van der Waals surface area (Å²) in [4.78, 5) is 10.8. The lowest BCUT2D eigenvalue weighted by Crippen LogP contribution is -2.11. The number of halogens is 6. The van der Waals surface area contributed by atoms with Crippen LogP contribution >= 0.6 is 0 Å². The number of rotatable bonds is 4. The molecule has 1 N–H and O–H groups in total. The van der Waals surface area contributed by atoms with Crippen LogP contribution in [0.15, 0.2) is 61.8 Å². The number of pyridine rings is 1. The molecule has 0 saturated heterocycles. The minimum atomic E-state index is -5.01. The maximum absolute atomic E-state index is 13.4. The van der Waals surface area contributed by atoms with E-state index in [0.29, 0.717) is 17.3 Å². The first-order valence-corrected chi connectivity index (χ1v) is 9.55. The average Bonchev–Trinajstić information content (AvgIpc) is 3.20. The van der Waals surface area contributed by atoms with Crippen molar-refractivity contribution in [2.24, 2.45) is 0 Å². The molecule has 0 spiro atoms. The van der Waals surface area contributed by atoms with Crippen LogP contribution < -0.4 is 0 Å². The van der Waals surface area contributed by atoms with E-state index >= 15 is 0 Å². The first kappa shape index (κ1) is 22.3. The fourth-order valence-electron chi connectivity index (χ4n) is 3.54. The quantitative estimate of drug-likeness (QED) is 0.319. The Kier molecular flexibility index (Phi) is 5.35. The van der Waals surface area contributed by atoms with E-state index in [0.717, 1.165) is 16.7 Å². The number of hydrogen-bond acceptors (Lipinski definition) is 2. The highest BCUT2D eigenvalue weighted by Gasteiger charge is 2.39. The lowest BCUT2D eigenvalue weighted by atomic mass is 9.98. The number of nitrogens with one attached hydrogen (secondary N) is 1. The molecule has 0 aliphatic rings. The predicted molar refractivity (Wildman–Crippen MR) is 115 cm³/mol. The molecule has 33 heavy (non-hydrogen) atoms. The highest BCUT2D eigenvalue weighted by molar-refractivity contribution is 5.84. The molecule has 0 amide bonds. The molecule has 4 rings (SSSR count). The van der Waals surface area contributed by atoms with Crippen LogP contribution in [0.1, 0.15) is 22.3 Å². The van der Waals surface area contributed by atoms with Crippen molar-refractivity contribution in [3.63, 3.8) is 0 Å². The van der Waals surface area contributed by atoms with Crippen molar-refractivity contribution in [3.05, 3.63) is 84.1 Å². The zero-order valence-corrected chi connectivity index (χ0v) is 16.8. The van der Waals surface area contributed by atoms with Gasteiger partial charge in [0, 0.05) is 17.3 Å². The molecule has 2 aromatic heterocycles. The van der Waals surface area contributed by atoms with Crippen LogP contribution in [0.5, 0.6) is 0 Å². The van der Waals surface area contributed by atoms with Crippen molar-refractivity contribution < 1.29 is 26.3 Å². The summed E-state index contributed by atoms with van der Waals surface area (Å²) in [6.45, 7) is 7.57. The van der Waals surface area contributed by atoms with Crippen LogP contribution in [0, 0.1) is 0 Å². The fraction of sp³-hybridized carbons (Fsp3) is 0.0833. The molecule has 0 radical (unpaired) electrons. The van der Waals surface area contributed by atoms with Crippen LogP contribution in [-0.2, 0) is 12.4 Å². The summed E-state index contributed by atoms with van der Waals surface area (Å²) < 4.78 is 79.6. The van der Waals surface area contributed by atoms with Crippen LogP contribution in [-0.4, -0.2) is 15.0 Å². The molecule has 0 unspecified atom stereocenters. The molecule has 9 heteroatoms. The largest absolute Gasteiger partial charge is 0.418 e. The van der Waals surface area contributed by atoms with Crippen molar-refractivity contribution in [2.75, 3.05) is 0 Å². The monoisotopic (exact) mass is 459 g/mol. The van der Waals surface area contributed by atoms with Crippen molar-refractivity contribution in [2.45, 2.75) is 12.4 Å². The second-order valence-corrected chi connectivity index (χ2v) is 7.15. The number of nitrogens with zero attached hydrogens (tertiary/aromatic N) is 2. The Morgan fingerprint density at radius 2 is 1.64 bits per heavy atom. The normalized spacial score (nSPS) is 12.2. The topological polar surface area (TPSA) is 41.6 Å². The van der Waals surface area contributed by atoms with Crippen molar-refractivity contribution >= 4 is 23.2 Å². The van der Waals surface area contributed by atoms with E-state index in [9.17, 15) is 26.3 Å². The lowest BCUT2D eigenvalue weighted by molar-refractivity contribution is -0.142. The van der Waals surface area contributed by atoms with Crippen molar-refractivity contribution in [3.8, 4) is 22.6 Å². The number of imidazole rings is 1. The molecule has 0 fully saturated rings. The standard InChI is InChI=1S/C24H15F6N3/c1-3-13-6-5-7-17(16(13)4-2)19-9-8-14(12-31-19)22-32-20-11-15(23(25,26)27)10-18(21(20)33-22)24(28,29)30/h3-12H,1-2H2,(H,32,33). The number of aromatic nitrogens is 3. The highest BCUT2D eigenvalue weighted by Crippen LogP contribution is 2.40. The number of hydrogen-bond donors (Lipinski definition) is 1. The molecule has 0 saturated carbocycles. The van der Waals surface area contributed by atoms with Gasteiger partial charge in [0.1, 0.15) is 11.3 Å². The van der Waals surface area contributed by atoms with Crippen LogP contribution in [0.25, 0.3) is 45.8 Å². The Labute approximate surface area is 184 Å². The molecular formula is C24H15F6N3. The summed E-state index contributed by atoms with van der Waals surface area (Å²) in [5.74, 6) is -0.0299. The molecule has 0 aliphatic carbocycles. The van der Waals surface area contributed by atoms with Crippen molar-refractivity contribution in [1.29, 1.82) is 0 Å². The summed E-state index contributed by atoms with van der Waals surface area (Å²) in [7, 11) is 0. The predicted octanol–water partition coefficient (Wildman–Crippen LogP) is 7.62. The summed E-state index contributed by atoms with van der Waals surface area (Å²) >= 11 is 0. The van der Waals surface area contributed by atoms with E-state index < -0.39 is 29.0 Å². The van der Waals surface area contributed by atoms with E-state index in [2.05, 4.69) is 28.1 Å². The molecule has 4 aromatic rings. The van der Waals surface area contributed by atoms with E-state index in [-0.39, 0.29) is 17.4 Å². The van der Waals surface area contributed by atoms with Gasteiger partial charge in [-0.1, -0.05) is 43.5 Å². The molecule has 0 bridgehead atoms. The van der Waals surface area contributed by atoms with Gasteiger partial charge in [-0.3, -0.25) is 4.98 Å². The van der Waals surface area contributed by atoms with Gasteiger partial charge in [0.05, 0.1) is 22.3 Å². The smallest absolute Gasteiger partial charge is 0.338 e. The van der Waals surface area contributed by atoms with Gasteiger partial charge in [0.2, 0.25) is 0 Å². The third-order valence-electron chi connectivity index (χ3n) is 5.10. The zero-order chi connectivity index (χ0) is 24.0. The van der Waals surface area contributed by atoms with Gasteiger partial charge in [0.15, 0.2) is 0 Å². The Bertz CT molecular complexity index is 1360. The fourth-order valence-corrected chi connectivity index (χ4v) is 3.54. The summed E-state index contributed by atoms with van der Waals surface area (Å²) in [6.07, 6.45) is -5.22. The Morgan fingerprint density at radius 3 is 2.21 bits per heavy atom. The van der Waals surface area contributed by atoms with Crippen LogP contribution in [0.2, 0.25) is 0 Å². The highest BCUT2D eigenvalue weighted by atomic mass is 19.4. The van der Waals surface area contributed by atoms with Gasteiger partial charge in [-0.05, 0) is 35.4 Å². The number of benzene rings is 2. The maximum Gasteiger partial charge on any atom is 0.418 e. The SMILES string of the molecule is C=Cc1cccc(-c2ccc(-c3nc4c(C(F)(F)F)cc(C(F)(F)F)cc4[nH]3)cn2)c1C=C. The van der Waals surface area contributed by atoms with Gasteiger partial charge in [-0.25, -0.2) is 4.98 Å².